The highest BCUT2D eigenvalue weighted by atomic mass is 16.5. The molecule has 3 aromatic heterocycles. The van der Waals surface area contributed by atoms with Gasteiger partial charge in [-0.3, -0.25) is 0 Å². The molecule has 1 aliphatic rings. The Morgan fingerprint density at radius 2 is 1.62 bits per heavy atom. The van der Waals surface area contributed by atoms with E-state index in [0.29, 0.717) is 13.2 Å². The van der Waals surface area contributed by atoms with Crippen LogP contribution in [0.25, 0.3) is 27.7 Å². The first kappa shape index (κ1) is 24.0. The van der Waals surface area contributed by atoms with Crippen LogP contribution in [0.3, 0.4) is 0 Å². The molecule has 0 unspecified atom stereocenters. The molecule has 1 fully saturated rings. The van der Waals surface area contributed by atoms with Gasteiger partial charge in [-0.2, -0.15) is 0 Å². The maximum absolute atomic E-state index is 6.27. The Morgan fingerprint density at radius 3 is 2.41 bits per heavy atom. The lowest BCUT2D eigenvalue weighted by Gasteiger charge is -2.26. The number of hydrogen-bond donors (Lipinski definition) is 0. The Bertz CT molecular complexity index is 1430. The van der Waals surface area contributed by atoms with Crippen LogP contribution in [0.2, 0.25) is 0 Å². The summed E-state index contributed by atoms with van der Waals surface area (Å²) in [6, 6.07) is 27.9. The summed E-state index contributed by atoms with van der Waals surface area (Å²) in [4.78, 5) is 2.54. The summed E-state index contributed by atoms with van der Waals surface area (Å²) in [5.41, 5.74) is 10.2. The van der Waals surface area contributed by atoms with Crippen LogP contribution in [0.15, 0.2) is 78.9 Å². The lowest BCUT2D eigenvalue weighted by atomic mass is 9.98. The van der Waals surface area contributed by atoms with Crippen molar-refractivity contribution in [3.63, 3.8) is 0 Å². The van der Waals surface area contributed by atoms with Crippen LogP contribution < -0.4 is 4.74 Å². The maximum Gasteiger partial charge on any atom is 0.119 e. The first-order valence-electron chi connectivity index (χ1n) is 13.8. The molecule has 0 amide bonds. The molecule has 1 saturated heterocycles. The summed E-state index contributed by atoms with van der Waals surface area (Å²) in [6.45, 7) is 7.72. The van der Waals surface area contributed by atoms with E-state index in [9.17, 15) is 0 Å². The molecule has 190 valence electrons. The number of pyridine rings is 1. The van der Waals surface area contributed by atoms with E-state index in [4.69, 9.17) is 9.47 Å². The molecule has 37 heavy (non-hydrogen) atoms. The normalized spacial score (nSPS) is 14.6. The fourth-order valence-electron chi connectivity index (χ4n) is 5.85. The van der Waals surface area contributed by atoms with Crippen molar-refractivity contribution in [2.24, 2.45) is 0 Å². The number of piperidine rings is 1. The lowest BCUT2D eigenvalue weighted by Crippen LogP contribution is -2.32. The predicted octanol–water partition coefficient (Wildman–Crippen LogP) is 7.34. The number of hydrogen-bond acceptors (Lipinski definition) is 3. The second-order valence-corrected chi connectivity index (χ2v) is 10.2. The van der Waals surface area contributed by atoms with Gasteiger partial charge in [0.05, 0.1) is 24.2 Å². The number of rotatable bonds is 10. The van der Waals surface area contributed by atoms with Gasteiger partial charge in [0.1, 0.15) is 12.4 Å². The highest BCUT2D eigenvalue weighted by Gasteiger charge is 2.21. The summed E-state index contributed by atoms with van der Waals surface area (Å²) in [6.07, 6.45) is 5.00. The minimum atomic E-state index is 0.576. The van der Waals surface area contributed by atoms with Gasteiger partial charge in [0.2, 0.25) is 0 Å². The molecular weight excluding hydrogens is 456 g/mol. The van der Waals surface area contributed by atoms with Crippen LogP contribution in [0.4, 0.5) is 0 Å². The quantitative estimate of drug-likeness (QED) is 0.191. The zero-order chi connectivity index (χ0) is 25.0. The SMILES string of the molecule is CCc1c(-c2ccc(OCc3ccccc3)cc2)c2c(COCCN3CCCCC3)cc3cccc1n32. The summed E-state index contributed by atoms with van der Waals surface area (Å²) < 4.78 is 14.8. The van der Waals surface area contributed by atoms with Crippen molar-refractivity contribution in [2.45, 2.75) is 45.8 Å². The molecule has 0 saturated carbocycles. The average Bonchev–Trinajstić information content (AvgIpc) is 3.50. The molecule has 4 heteroatoms. The summed E-state index contributed by atoms with van der Waals surface area (Å²) >= 11 is 0. The van der Waals surface area contributed by atoms with Crippen LogP contribution in [0.5, 0.6) is 5.75 Å². The van der Waals surface area contributed by atoms with Crippen LogP contribution >= 0.6 is 0 Å². The van der Waals surface area contributed by atoms with Crippen LogP contribution in [-0.4, -0.2) is 35.5 Å². The molecule has 0 radical (unpaired) electrons. The van der Waals surface area contributed by atoms with Crippen molar-refractivity contribution < 1.29 is 9.47 Å². The molecule has 5 aromatic rings. The number of likely N-dealkylation sites (tertiary alicyclic amines) is 1. The fourth-order valence-corrected chi connectivity index (χ4v) is 5.85. The second kappa shape index (κ2) is 11.0. The third kappa shape index (κ3) is 4.96. The monoisotopic (exact) mass is 492 g/mol. The van der Waals surface area contributed by atoms with Gasteiger partial charge in [-0.15, -0.1) is 0 Å². The molecule has 1 aliphatic heterocycles. The number of ether oxygens (including phenoxy) is 2. The van der Waals surface area contributed by atoms with Crippen molar-refractivity contribution in [3.8, 4) is 16.9 Å². The van der Waals surface area contributed by atoms with Gasteiger partial charge in [-0.05, 0) is 79.4 Å². The van der Waals surface area contributed by atoms with Gasteiger partial charge >= 0.3 is 0 Å². The van der Waals surface area contributed by atoms with Gasteiger partial charge in [0.25, 0.3) is 0 Å². The Hall–Kier alpha value is -3.34. The first-order chi connectivity index (χ1) is 18.3. The van der Waals surface area contributed by atoms with Gasteiger partial charge in [0, 0.05) is 23.2 Å². The van der Waals surface area contributed by atoms with Crippen molar-refractivity contribution in [1.29, 1.82) is 0 Å². The zero-order valence-electron chi connectivity index (χ0n) is 21.8. The van der Waals surface area contributed by atoms with E-state index in [2.05, 4.69) is 76.9 Å². The highest BCUT2D eigenvalue weighted by Crippen LogP contribution is 2.40. The Kier molecular flexibility index (Phi) is 7.11. The maximum atomic E-state index is 6.27. The molecule has 4 heterocycles. The van der Waals surface area contributed by atoms with Gasteiger partial charge in [0.15, 0.2) is 0 Å². The standard InChI is InChI=1S/C33H36N2O2/c1-2-30-31-13-9-12-28-22-27(24-36-21-20-34-18-7-4-8-19-34)33(35(28)31)32(30)26-14-16-29(17-15-26)37-23-25-10-5-3-6-11-25/h3,5-6,9-17,22H,2,4,7-8,18-21,23-24H2,1H3. The number of benzene rings is 2. The number of nitrogens with zero attached hydrogens (tertiary/aromatic N) is 2. The molecular formula is C33H36N2O2. The van der Waals surface area contributed by atoms with Crippen molar-refractivity contribution in [3.05, 3.63) is 95.6 Å². The van der Waals surface area contributed by atoms with Crippen molar-refractivity contribution >= 4 is 16.6 Å². The summed E-state index contributed by atoms with van der Waals surface area (Å²) in [7, 11) is 0. The van der Waals surface area contributed by atoms with E-state index in [1.54, 1.807) is 0 Å². The number of aryl methyl sites for hydroxylation is 1. The van der Waals surface area contributed by atoms with Gasteiger partial charge < -0.3 is 18.8 Å². The first-order valence-corrected chi connectivity index (χ1v) is 13.8. The highest BCUT2D eigenvalue weighted by molar-refractivity contribution is 5.97. The summed E-state index contributed by atoms with van der Waals surface area (Å²) in [5.74, 6) is 0.892. The Labute approximate surface area is 219 Å². The van der Waals surface area contributed by atoms with Gasteiger partial charge in [-0.25, -0.2) is 0 Å². The van der Waals surface area contributed by atoms with Gasteiger partial charge in [-0.1, -0.05) is 61.9 Å². The predicted molar refractivity (Wildman–Crippen MR) is 152 cm³/mol. The molecule has 0 bridgehead atoms. The van der Waals surface area contributed by atoms with Crippen molar-refractivity contribution in [1.82, 2.24) is 9.30 Å². The number of aromatic nitrogens is 1. The Morgan fingerprint density at radius 1 is 0.811 bits per heavy atom. The topological polar surface area (TPSA) is 26.1 Å². The van der Waals surface area contributed by atoms with E-state index in [0.717, 1.165) is 25.3 Å². The van der Waals surface area contributed by atoms with E-state index in [1.807, 2.05) is 18.2 Å². The molecule has 0 N–H and O–H groups in total. The summed E-state index contributed by atoms with van der Waals surface area (Å²) in [5, 5.41) is 0. The third-order valence-electron chi connectivity index (χ3n) is 7.72. The van der Waals surface area contributed by atoms with Crippen LogP contribution in [-0.2, 0) is 24.4 Å². The average molecular weight is 493 g/mol. The van der Waals surface area contributed by atoms with E-state index in [1.165, 1.54) is 76.7 Å². The zero-order valence-corrected chi connectivity index (χ0v) is 21.8. The minimum absolute atomic E-state index is 0.576. The molecule has 0 spiro atoms. The lowest BCUT2D eigenvalue weighted by molar-refractivity contribution is 0.0870. The molecule has 0 aliphatic carbocycles. The van der Waals surface area contributed by atoms with E-state index in [-0.39, 0.29) is 0 Å². The largest absolute Gasteiger partial charge is 0.489 e. The molecule has 0 atom stereocenters. The minimum Gasteiger partial charge on any atom is -0.489 e. The Balaban J connectivity index is 1.26. The molecule has 6 rings (SSSR count). The second-order valence-electron chi connectivity index (χ2n) is 10.2. The third-order valence-corrected chi connectivity index (χ3v) is 7.72. The molecule has 4 nitrogen and oxygen atoms in total. The van der Waals surface area contributed by atoms with Crippen LogP contribution in [0.1, 0.15) is 42.9 Å². The van der Waals surface area contributed by atoms with Crippen LogP contribution in [0, 0.1) is 0 Å². The fraction of sp³-hybridized carbons (Fsp3) is 0.333. The van der Waals surface area contributed by atoms with E-state index >= 15 is 0 Å². The smallest absolute Gasteiger partial charge is 0.119 e. The van der Waals surface area contributed by atoms with E-state index < -0.39 is 0 Å². The molecule has 2 aromatic carbocycles. The van der Waals surface area contributed by atoms with Crippen molar-refractivity contribution in [2.75, 3.05) is 26.2 Å².